The van der Waals surface area contributed by atoms with Gasteiger partial charge >= 0.3 is 18.0 Å². The molecule has 3 aromatic carbocycles. The Hall–Kier alpha value is -4.23. The number of piperidine rings is 1. The second-order valence-corrected chi connectivity index (χ2v) is 12.6. The molecule has 1 atom stereocenters. The van der Waals surface area contributed by atoms with E-state index in [4.69, 9.17) is 5.73 Å². The lowest BCUT2D eigenvalue weighted by molar-refractivity contribution is -0.139. The number of likely N-dealkylation sites (tertiary alicyclic amines) is 1. The third-order valence-corrected chi connectivity index (χ3v) is 9.73. The minimum absolute atomic E-state index is 0.217. The van der Waals surface area contributed by atoms with Crippen molar-refractivity contribution >= 4 is 0 Å². The Morgan fingerprint density at radius 2 is 1.48 bits per heavy atom. The Morgan fingerprint density at radius 1 is 0.792 bits per heavy atom. The van der Waals surface area contributed by atoms with Crippen LogP contribution in [0.5, 0.6) is 0 Å². The Kier molecular flexibility index (Phi) is 8.88. The van der Waals surface area contributed by atoms with E-state index >= 15 is 4.39 Å². The molecule has 254 valence electrons. The smallest absolute Gasteiger partial charge is 0.322 e. The summed E-state index contributed by atoms with van der Waals surface area (Å²) in [6.07, 6.45) is -7.84. The van der Waals surface area contributed by atoms with Crippen molar-refractivity contribution in [1.29, 1.82) is 0 Å². The Balaban J connectivity index is 1.38. The number of rotatable bonds is 7. The van der Waals surface area contributed by atoms with Gasteiger partial charge in [-0.25, -0.2) is 9.18 Å². The fourth-order valence-corrected chi connectivity index (χ4v) is 7.23. The number of nitrogens with zero attached hydrogens (tertiary/aromatic N) is 3. The zero-order valence-corrected chi connectivity index (χ0v) is 25.8. The molecule has 2 heterocycles. The van der Waals surface area contributed by atoms with Gasteiger partial charge in [-0.2, -0.15) is 26.3 Å². The molecule has 0 bridgehead atoms. The average molecular weight is 675 g/mol. The highest BCUT2D eigenvalue weighted by atomic mass is 19.4. The molecule has 1 aliphatic heterocycles. The van der Waals surface area contributed by atoms with Crippen LogP contribution in [0.4, 0.5) is 30.7 Å². The summed E-state index contributed by atoms with van der Waals surface area (Å²) in [5, 5.41) is 0. The van der Waals surface area contributed by atoms with Crippen LogP contribution in [0.2, 0.25) is 0 Å². The van der Waals surface area contributed by atoms with Gasteiger partial charge in [-0.1, -0.05) is 54.6 Å². The summed E-state index contributed by atoms with van der Waals surface area (Å²) >= 11 is 0. The summed E-state index contributed by atoms with van der Waals surface area (Å²) < 4.78 is 98.9. The first-order valence-corrected chi connectivity index (χ1v) is 15.6. The van der Waals surface area contributed by atoms with Crippen LogP contribution in [-0.4, -0.2) is 27.1 Å². The van der Waals surface area contributed by atoms with Crippen molar-refractivity contribution in [3.8, 4) is 0 Å². The van der Waals surface area contributed by atoms with Gasteiger partial charge in [-0.3, -0.25) is 18.8 Å². The van der Waals surface area contributed by atoms with Crippen LogP contribution in [-0.2, 0) is 43.8 Å². The summed E-state index contributed by atoms with van der Waals surface area (Å²) in [5.74, 6) is -1.13. The van der Waals surface area contributed by atoms with Crippen LogP contribution >= 0.6 is 0 Å². The quantitative estimate of drug-likeness (QED) is 0.230. The SMILES string of the molecule is N[C@@H](Cn1c(=O)c2c(n(Cc3c(F)cccc3C(F)(F)F)c1=O)CCC21CCN(Cc2cccc(C(F)(F)F)c2)CC1)c1ccccc1. The molecule has 1 saturated heterocycles. The van der Waals surface area contributed by atoms with Gasteiger partial charge in [0, 0.05) is 34.8 Å². The average Bonchev–Trinajstić information content (AvgIpc) is 3.41. The molecule has 1 aromatic heterocycles. The molecule has 0 amide bonds. The van der Waals surface area contributed by atoms with Crippen molar-refractivity contribution in [2.45, 2.75) is 69.1 Å². The van der Waals surface area contributed by atoms with E-state index in [0.29, 0.717) is 49.0 Å². The van der Waals surface area contributed by atoms with Crippen LogP contribution in [0.3, 0.4) is 0 Å². The van der Waals surface area contributed by atoms with E-state index in [1.165, 1.54) is 6.07 Å². The third-order valence-electron chi connectivity index (χ3n) is 9.73. The van der Waals surface area contributed by atoms with E-state index in [1.54, 1.807) is 36.4 Å². The minimum atomic E-state index is -4.89. The number of fused-ring (bicyclic) bond motifs is 2. The second kappa shape index (κ2) is 12.7. The summed E-state index contributed by atoms with van der Waals surface area (Å²) in [6, 6.07) is 15.7. The van der Waals surface area contributed by atoms with Gasteiger partial charge in [0.15, 0.2) is 0 Å². The second-order valence-electron chi connectivity index (χ2n) is 12.6. The zero-order chi connectivity index (χ0) is 34.4. The van der Waals surface area contributed by atoms with Crippen molar-refractivity contribution in [2.24, 2.45) is 5.73 Å². The van der Waals surface area contributed by atoms with E-state index in [2.05, 4.69) is 0 Å². The van der Waals surface area contributed by atoms with Crippen molar-refractivity contribution in [3.05, 3.63) is 139 Å². The first-order valence-electron chi connectivity index (χ1n) is 15.6. The fourth-order valence-electron chi connectivity index (χ4n) is 7.23. The van der Waals surface area contributed by atoms with Gasteiger partial charge in [0.2, 0.25) is 0 Å². The number of aromatic nitrogens is 2. The molecule has 48 heavy (non-hydrogen) atoms. The maximum Gasteiger partial charge on any atom is 0.416 e. The van der Waals surface area contributed by atoms with Crippen LogP contribution in [0, 0.1) is 5.82 Å². The normalized spacial score (nSPS) is 17.1. The molecule has 1 spiro atoms. The molecule has 1 aliphatic carbocycles. The highest BCUT2D eigenvalue weighted by Gasteiger charge is 2.46. The molecule has 1 fully saturated rings. The number of benzene rings is 3. The standard InChI is InChI=1S/C35H33F7N4O2/c36-27-11-5-10-26(35(40,41)42)25(27)20-45-29-12-13-33(14-16-44(17-15-33)19-22-6-4-9-24(18-22)34(37,38)39)30(29)31(47)46(32(45)48)21-28(43)23-7-2-1-3-8-23/h1-11,18,28H,12-17,19-21,43H2/t28-/m0/s1. The van der Waals surface area contributed by atoms with Crippen LogP contribution < -0.4 is 17.0 Å². The van der Waals surface area contributed by atoms with Gasteiger partial charge < -0.3 is 5.73 Å². The molecular formula is C35H33F7N4O2. The van der Waals surface area contributed by atoms with Crippen molar-refractivity contribution in [3.63, 3.8) is 0 Å². The number of alkyl halides is 6. The van der Waals surface area contributed by atoms with Gasteiger partial charge in [-0.15, -0.1) is 0 Å². The van der Waals surface area contributed by atoms with Gasteiger partial charge in [-0.05, 0) is 68.1 Å². The number of hydrogen-bond donors (Lipinski definition) is 1. The predicted octanol–water partition coefficient (Wildman–Crippen LogP) is 6.42. The van der Waals surface area contributed by atoms with E-state index < -0.39 is 64.1 Å². The summed E-state index contributed by atoms with van der Waals surface area (Å²) in [5.41, 5.74) is 3.30. The summed E-state index contributed by atoms with van der Waals surface area (Å²) in [6.45, 7) is 0.139. The predicted molar refractivity (Wildman–Crippen MR) is 165 cm³/mol. The van der Waals surface area contributed by atoms with E-state index in [9.17, 15) is 35.9 Å². The topological polar surface area (TPSA) is 73.3 Å². The van der Waals surface area contributed by atoms with Crippen molar-refractivity contribution < 1.29 is 30.7 Å². The highest BCUT2D eigenvalue weighted by Crippen LogP contribution is 2.45. The molecule has 2 N–H and O–H groups in total. The van der Waals surface area contributed by atoms with Crippen molar-refractivity contribution in [1.82, 2.24) is 14.0 Å². The third kappa shape index (κ3) is 6.45. The van der Waals surface area contributed by atoms with E-state index in [0.717, 1.165) is 39.5 Å². The molecular weight excluding hydrogens is 641 g/mol. The first-order chi connectivity index (χ1) is 22.7. The van der Waals surface area contributed by atoms with E-state index in [1.807, 2.05) is 4.90 Å². The number of nitrogens with two attached hydrogens (primary N) is 1. The Morgan fingerprint density at radius 3 is 2.15 bits per heavy atom. The lowest BCUT2D eigenvalue weighted by atomic mass is 9.74. The highest BCUT2D eigenvalue weighted by molar-refractivity contribution is 5.38. The van der Waals surface area contributed by atoms with Crippen molar-refractivity contribution in [2.75, 3.05) is 13.1 Å². The number of hydrogen-bond acceptors (Lipinski definition) is 4. The number of halogens is 7. The van der Waals surface area contributed by atoms with Gasteiger partial charge in [0.05, 0.1) is 24.2 Å². The monoisotopic (exact) mass is 674 g/mol. The van der Waals surface area contributed by atoms with Gasteiger partial charge in [0.25, 0.3) is 5.56 Å². The molecule has 0 radical (unpaired) electrons. The van der Waals surface area contributed by atoms with Crippen LogP contribution in [0.15, 0.2) is 82.4 Å². The molecule has 13 heteroatoms. The Labute approximate surface area is 271 Å². The fraction of sp³-hybridized carbons (Fsp3) is 0.371. The summed E-state index contributed by atoms with van der Waals surface area (Å²) in [7, 11) is 0. The van der Waals surface area contributed by atoms with Crippen LogP contribution in [0.1, 0.15) is 64.4 Å². The lowest BCUT2D eigenvalue weighted by Gasteiger charge is -2.40. The molecule has 2 aliphatic rings. The maximum atomic E-state index is 15.0. The molecule has 0 unspecified atom stereocenters. The van der Waals surface area contributed by atoms with Gasteiger partial charge in [0.1, 0.15) is 5.82 Å². The molecule has 0 saturated carbocycles. The molecule has 6 nitrogen and oxygen atoms in total. The summed E-state index contributed by atoms with van der Waals surface area (Å²) in [4.78, 5) is 30.2. The largest absolute Gasteiger partial charge is 0.416 e. The Bertz CT molecular complexity index is 1920. The first kappa shape index (κ1) is 33.7. The minimum Gasteiger partial charge on any atom is -0.322 e. The maximum absolute atomic E-state index is 15.0. The lowest BCUT2D eigenvalue weighted by Crippen LogP contribution is -2.49. The molecule has 6 rings (SSSR count). The zero-order valence-electron chi connectivity index (χ0n) is 25.8. The van der Waals surface area contributed by atoms with E-state index in [-0.39, 0.29) is 25.2 Å². The molecule has 4 aromatic rings. The van der Waals surface area contributed by atoms with Crippen LogP contribution in [0.25, 0.3) is 0 Å².